The third-order valence-electron chi connectivity index (χ3n) is 5.11. The van der Waals surface area contributed by atoms with Gasteiger partial charge in [-0.3, -0.25) is 10.2 Å². The fourth-order valence-corrected chi connectivity index (χ4v) is 3.71. The van der Waals surface area contributed by atoms with Crippen molar-refractivity contribution in [2.24, 2.45) is 10.7 Å². The molecule has 7 nitrogen and oxygen atoms in total. The normalized spacial score (nSPS) is 15.4. The van der Waals surface area contributed by atoms with E-state index in [1.165, 1.54) is 0 Å². The Bertz CT molecular complexity index is 1110. The molecule has 31 heavy (non-hydrogen) atoms. The van der Waals surface area contributed by atoms with E-state index in [2.05, 4.69) is 28.4 Å². The molecule has 1 aromatic heterocycles. The first kappa shape index (κ1) is 20.4. The van der Waals surface area contributed by atoms with E-state index in [1.54, 1.807) is 11.2 Å². The third kappa shape index (κ3) is 4.35. The summed E-state index contributed by atoms with van der Waals surface area (Å²) in [4.78, 5) is 20.8. The SMILES string of the molecule is CCOc1cccc(C)c1-c1ccnc(N2NC(C(N)=O)=NC2Cc2ccccc2)c1. The standard InChI is InChI=1S/C24H25N5O2/c1-3-31-19-11-7-8-16(2)22(19)18-12-13-26-20(15-18)29-21(27-24(28-29)23(25)30)14-17-9-5-4-6-10-17/h4-13,15,21H,3,14H2,1-2H3,(H2,25,30)(H,27,28). The molecule has 0 saturated carbocycles. The number of carbonyl (C=O) groups excluding carboxylic acids is 1. The predicted octanol–water partition coefficient (Wildman–Crippen LogP) is 3.23. The molecule has 1 aliphatic rings. The second-order valence-electron chi connectivity index (χ2n) is 7.28. The summed E-state index contributed by atoms with van der Waals surface area (Å²) in [5.74, 6) is 0.987. The molecule has 1 unspecified atom stereocenters. The van der Waals surface area contributed by atoms with Gasteiger partial charge in [0.1, 0.15) is 17.7 Å². The monoisotopic (exact) mass is 415 g/mol. The fourth-order valence-electron chi connectivity index (χ4n) is 3.71. The molecule has 4 rings (SSSR count). The summed E-state index contributed by atoms with van der Waals surface area (Å²) in [6, 6.07) is 19.9. The molecule has 1 aliphatic heterocycles. The molecule has 0 bridgehead atoms. The Balaban J connectivity index is 1.70. The second kappa shape index (κ2) is 8.87. The molecule has 3 N–H and O–H groups in total. The van der Waals surface area contributed by atoms with Crippen LogP contribution in [0.1, 0.15) is 18.1 Å². The molecule has 1 amide bonds. The lowest BCUT2D eigenvalue weighted by atomic mass is 10.00. The molecular weight excluding hydrogens is 390 g/mol. The zero-order valence-corrected chi connectivity index (χ0v) is 17.6. The van der Waals surface area contributed by atoms with Crippen molar-refractivity contribution in [3.8, 4) is 16.9 Å². The summed E-state index contributed by atoms with van der Waals surface area (Å²) in [5, 5.41) is 1.79. The van der Waals surface area contributed by atoms with Crippen LogP contribution in [-0.2, 0) is 11.2 Å². The number of hydrogen-bond donors (Lipinski definition) is 2. The van der Waals surface area contributed by atoms with Gasteiger partial charge in [-0.15, -0.1) is 0 Å². The Morgan fingerprint density at radius 2 is 1.97 bits per heavy atom. The summed E-state index contributed by atoms with van der Waals surface area (Å²) >= 11 is 0. The van der Waals surface area contributed by atoms with Crippen LogP contribution in [0.3, 0.4) is 0 Å². The fraction of sp³-hybridized carbons (Fsp3) is 0.208. The van der Waals surface area contributed by atoms with Crippen molar-refractivity contribution in [1.82, 2.24) is 10.4 Å². The minimum Gasteiger partial charge on any atom is -0.493 e. The predicted molar refractivity (Wildman–Crippen MR) is 122 cm³/mol. The van der Waals surface area contributed by atoms with Crippen molar-refractivity contribution >= 4 is 17.6 Å². The van der Waals surface area contributed by atoms with Crippen LogP contribution >= 0.6 is 0 Å². The summed E-state index contributed by atoms with van der Waals surface area (Å²) in [6.07, 6.45) is 2.00. The largest absolute Gasteiger partial charge is 0.493 e. The van der Waals surface area contributed by atoms with Crippen molar-refractivity contribution in [3.05, 3.63) is 78.0 Å². The van der Waals surface area contributed by atoms with Gasteiger partial charge in [-0.2, -0.15) is 0 Å². The summed E-state index contributed by atoms with van der Waals surface area (Å²) in [7, 11) is 0. The number of pyridine rings is 1. The molecule has 0 aliphatic carbocycles. The molecular formula is C24H25N5O2. The van der Waals surface area contributed by atoms with E-state index in [9.17, 15) is 4.79 Å². The van der Waals surface area contributed by atoms with Gasteiger partial charge in [-0.05, 0) is 48.7 Å². The highest BCUT2D eigenvalue weighted by Crippen LogP contribution is 2.35. The highest BCUT2D eigenvalue weighted by molar-refractivity contribution is 6.38. The van der Waals surface area contributed by atoms with Gasteiger partial charge < -0.3 is 10.5 Å². The number of amides is 1. The molecule has 2 aromatic carbocycles. The van der Waals surface area contributed by atoms with Gasteiger partial charge in [0.2, 0.25) is 5.84 Å². The number of hydrazine groups is 1. The Morgan fingerprint density at radius 3 is 2.71 bits per heavy atom. The van der Waals surface area contributed by atoms with Crippen LogP contribution in [-0.4, -0.2) is 29.5 Å². The molecule has 2 heterocycles. The van der Waals surface area contributed by atoms with Crippen molar-refractivity contribution in [2.75, 3.05) is 11.6 Å². The number of aryl methyl sites for hydroxylation is 1. The first-order valence-electron chi connectivity index (χ1n) is 10.2. The number of aromatic nitrogens is 1. The van der Waals surface area contributed by atoms with Crippen LogP contribution in [0.2, 0.25) is 0 Å². The van der Waals surface area contributed by atoms with Gasteiger partial charge in [0.05, 0.1) is 6.61 Å². The Hall–Kier alpha value is -3.87. The van der Waals surface area contributed by atoms with Gasteiger partial charge in [-0.25, -0.2) is 15.0 Å². The third-order valence-corrected chi connectivity index (χ3v) is 5.11. The highest BCUT2D eigenvalue weighted by atomic mass is 16.5. The number of primary amides is 1. The lowest BCUT2D eigenvalue weighted by Crippen LogP contribution is -2.45. The van der Waals surface area contributed by atoms with Crippen LogP contribution in [0.4, 0.5) is 5.82 Å². The Kier molecular flexibility index (Phi) is 5.84. The zero-order chi connectivity index (χ0) is 21.8. The van der Waals surface area contributed by atoms with Gasteiger partial charge in [-0.1, -0.05) is 42.5 Å². The molecule has 0 spiro atoms. The van der Waals surface area contributed by atoms with Crippen LogP contribution < -0.4 is 20.9 Å². The van der Waals surface area contributed by atoms with Crippen molar-refractivity contribution in [3.63, 3.8) is 0 Å². The number of ether oxygens (including phenoxy) is 1. The number of benzene rings is 2. The topological polar surface area (TPSA) is 92.8 Å². The van der Waals surface area contributed by atoms with Gasteiger partial charge in [0, 0.05) is 18.2 Å². The first-order valence-corrected chi connectivity index (χ1v) is 10.2. The Labute approximate surface area is 181 Å². The lowest BCUT2D eigenvalue weighted by Gasteiger charge is -2.25. The number of nitrogens with zero attached hydrogens (tertiary/aromatic N) is 3. The lowest BCUT2D eigenvalue weighted by molar-refractivity contribution is -0.112. The quantitative estimate of drug-likeness (QED) is 0.618. The van der Waals surface area contributed by atoms with Gasteiger partial charge in [0.15, 0.2) is 0 Å². The minimum absolute atomic E-state index is 0.124. The van der Waals surface area contributed by atoms with Crippen molar-refractivity contribution < 1.29 is 9.53 Å². The average molecular weight is 415 g/mol. The van der Waals surface area contributed by atoms with E-state index in [4.69, 9.17) is 10.5 Å². The molecule has 0 fully saturated rings. The van der Waals surface area contributed by atoms with Crippen molar-refractivity contribution in [1.29, 1.82) is 0 Å². The Morgan fingerprint density at radius 1 is 1.16 bits per heavy atom. The summed E-state index contributed by atoms with van der Waals surface area (Å²) in [6.45, 7) is 4.60. The summed E-state index contributed by atoms with van der Waals surface area (Å²) in [5.41, 5.74) is 12.7. The number of anilines is 1. The maximum atomic E-state index is 11.8. The molecule has 158 valence electrons. The second-order valence-corrected chi connectivity index (χ2v) is 7.28. The number of carbonyl (C=O) groups is 1. The van der Waals surface area contributed by atoms with Crippen LogP contribution in [0.25, 0.3) is 11.1 Å². The van der Waals surface area contributed by atoms with E-state index in [-0.39, 0.29) is 12.0 Å². The molecule has 0 radical (unpaired) electrons. The number of nitrogens with two attached hydrogens (primary N) is 1. The molecule has 0 saturated heterocycles. The molecule has 7 heteroatoms. The summed E-state index contributed by atoms with van der Waals surface area (Å²) < 4.78 is 5.85. The molecule has 3 aromatic rings. The number of nitrogens with one attached hydrogen (secondary N) is 1. The first-order chi connectivity index (χ1) is 15.1. The van der Waals surface area contributed by atoms with Crippen molar-refractivity contribution in [2.45, 2.75) is 26.4 Å². The van der Waals surface area contributed by atoms with Gasteiger partial charge in [0.25, 0.3) is 5.91 Å². The van der Waals surface area contributed by atoms with E-state index in [0.717, 1.165) is 28.0 Å². The number of hydrogen-bond acceptors (Lipinski definition) is 6. The van der Waals surface area contributed by atoms with Crippen LogP contribution in [0.5, 0.6) is 5.75 Å². The molecule has 1 atom stereocenters. The van der Waals surface area contributed by atoms with Crippen LogP contribution in [0, 0.1) is 6.92 Å². The van der Waals surface area contributed by atoms with E-state index in [1.807, 2.05) is 61.5 Å². The number of rotatable bonds is 7. The van der Waals surface area contributed by atoms with Gasteiger partial charge >= 0.3 is 0 Å². The van der Waals surface area contributed by atoms with E-state index >= 15 is 0 Å². The van der Waals surface area contributed by atoms with E-state index < -0.39 is 5.91 Å². The highest BCUT2D eigenvalue weighted by Gasteiger charge is 2.30. The minimum atomic E-state index is -0.603. The number of aliphatic imine (C=N–C) groups is 1. The smallest absolute Gasteiger partial charge is 0.285 e. The van der Waals surface area contributed by atoms with E-state index in [0.29, 0.717) is 18.8 Å². The zero-order valence-electron chi connectivity index (χ0n) is 17.6. The maximum absolute atomic E-state index is 11.8. The van der Waals surface area contributed by atoms with Crippen LogP contribution in [0.15, 0.2) is 71.9 Å². The number of amidine groups is 1. The average Bonchev–Trinajstić information content (AvgIpc) is 3.19. The maximum Gasteiger partial charge on any atom is 0.285 e.